The highest BCUT2D eigenvalue weighted by molar-refractivity contribution is 9.10. The highest BCUT2D eigenvalue weighted by Gasteiger charge is 2.26. The molecule has 19 heavy (non-hydrogen) atoms. The summed E-state index contributed by atoms with van der Waals surface area (Å²) in [5.41, 5.74) is 6.77. The summed E-state index contributed by atoms with van der Waals surface area (Å²) < 4.78 is 1.00. The van der Waals surface area contributed by atoms with Crippen molar-refractivity contribution in [2.24, 2.45) is 5.73 Å². The molecule has 2 rings (SSSR count). The maximum Gasteiger partial charge on any atom is 0.223 e. The lowest BCUT2D eigenvalue weighted by Crippen LogP contribution is -2.40. The first kappa shape index (κ1) is 14.8. The fourth-order valence-corrected chi connectivity index (χ4v) is 3.17. The second-order valence-electron chi connectivity index (χ2n) is 4.85. The monoisotopic (exact) mass is 344 g/mol. The minimum Gasteiger partial charge on any atom is -0.338 e. The second-order valence-corrected chi connectivity index (χ2v) is 6.15. The Morgan fingerprint density at radius 1 is 1.53 bits per heavy atom. The minimum absolute atomic E-state index is 0.194. The molecule has 0 saturated carbocycles. The summed E-state index contributed by atoms with van der Waals surface area (Å²) in [7, 11) is 0. The van der Waals surface area contributed by atoms with E-state index in [1.807, 2.05) is 23.1 Å². The van der Waals surface area contributed by atoms with Crippen LogP contribution in [0.4, 0.5) is 0 Å². The van der Waals surface area contributed by atoms with E-state index < -0.39 is 0 Å². The van der Waals surface area contributed by atoms with Crippen LogP contribution >= 0.6 is 27.5 Å². The number of hydrogen-bond donors (Lipinski definition) is 1. The zero-order chi connectivity index (χ0) is 13.8. The van der Waals surface area contributed by atoms with Gasteiger partial charge in [-0.05, 0) is 43.0 Å². The Hall–Kier alpha value is -0.580. The molecule has 1 atom stereocenters. The summed E-state index contributed by atoms with van der Waals surface area (Å²) in [6.07, 6.45) is 3.31. The van der Waals surface area contributed by atoms with Crippen molar-refractivity contribution >= 4 is 33.4 Å². The van der Waals surface area contributed by atoms with Crippen molar-refractivity contribution in [3.8, 4) is 0 Å². The molecule has 0 aliphatic carbocycles. The van der Waals surface area contributed by atoms with Crippen LogP contribution in [0.3, 0.4) is 0 Å². The van der Waals surface area contributed by atoms with Gasteiger partial charge in [0.05, 0.1) is 0 Å². The average Bonchev–Trinajstić information content (AvgIpc) is 2.88. The summed E-state index contributed by atoms with van der Waals surface area (Å²) in [5.74, 6) is 0.194. The Kier molecular flexibility index (Phi) is 5.25. The molecular formula is C14H18BrClN2O. The van der Waals surface area contributed by atoms with Crippen LogP contribution in [0.1, 0.15) is 24.8 Å². The number of hydrogen-bond acceptors (Lipinski definition) is 2. The first-order valence-corrected chi connectivity index (χ1v) is 7.72. The van der Waals surface area contributed by atoms with E-state index in [2.05, 4.69) is 15.9 Å². The van der Waals surface area contributed by atoms with Crippen molar-refractivity contribution in [3.05, 3.63) is 33.3 Å². The van der Waals surface area contributed by atoms with Crippen LogP contribution in [0.2, 0.25) is 5.02 Å². The molecule has 5 heteroatoms. The van der Waals surface area contributed by atoms with Crippen LogP contribution in [-0.4, -0.2) is 29.9 Å². The van der Waals surface area contributed by atoms with Crippen LogP contribution in [0.5, 0.6) is 0 Å². The van der Waals surface area contributed by atoms with Crippen LogP contribution < -0.4 is 5.73 Å². The van der Waals surface area contributed by atoms with E-state index in [1.54, 1.807) is 0 Å². The van der Waals surface area contributed by atoms with Crippen molar-refractivity contribution in [1.82, 2.24) is 4.90 Å². The molecule has 0 aromatic heterocycles. The molecule has 2 N–H and O–H groups in total. The Bertz CT molecular complexity index is 467. The minimum atomic E-state index is 0.194. The molecule has 0 radical (unpaired) electrons. The molecule has 3 nitrogen and oxygen atoms in total. The first-order valence-electron chi connectivity index (χ1n) is 6.55. The van der Waals surface area contributed by atoms with Crippen LogP contribution in [0, 0.1) is 0 Å². The lowest BCUT2D eigenvalue weighted by Gasteiger charge is -2.23. The third-order valence-corrected chi connectivity index (χ3v) is 4.59. The number of carbonyl (C=O) groups excluding carboxylic acids is 1. The molecule has 1 fully saturated rings. The number of aryl methyl sites for hydroxylation is 1. The van der Waals surface area contributed by atoms with Gasteiger partial charge >= 0.3 is 0 Å². The SMILES string of the molecule is NC[C@H]1CCCN1C(=O)CCc1cc(Cl)ccc1Br. The van der Waals surface area contributed by atoms with Crippen molar-refractivity contribution in [2.45, 2.75) is 31.7 Å². The normalized spacial score (nSPS) is 18.9. The van der Waals surface area contributed by atoms with Gasteiger partial charge in [0.2, 0.25) is 5.91 Å². The molecule has 1 amide bonds. The first-order chi connectivity index (χ1) is 9.11. The van der Waals surface area contributed by atoms with Crippen molar-refractivity contribution < 1.29 is 4.79 Å². The summed E-state index contributed by atoms with van der Waals surface area (Å²) in [6, 6.07) is 5.89. The summed E-state index contributed by atoms with van der Waals surface area (Å²) in [6.45, 7) is 1.41. The summed E-state index contributed by atoms with van der Waals surface area (Å²) in [5, 5.41) is 0.701. The molecule has 1 aliphatic heterocycles. The number of nitrogens with two attached hydrogens (primary N) is 1. The smallest absolute Gasteiger partial charge is 0.223 e. The molecule has 1 saturated heterocycles. The van der Waals surface area contributed by atoms with E-state index in [4.69, 9.17) is 17.3 Å². The van der Waals surface area contributed by atoms with Crippen LogP contribution in [0.15, 0.2) is 22.7 Å². The van der Waals surface area contributed by atoms with Gasteiger partial charge in [-0.3, -0.25) is 4.79 Å². The largest absolute Gasteiger partial charge is 0.338 e. The maximum absolute atomic E-state index is 12.2. The topological polar surface area (TPSA) is 46.3 Å². The third kappa shape index (κ3) is 3.71. The number of nitrogens with zero attached hydrogens (tertiary/aromatic N) is 1. The molecular weight excluding hydrogens is 328 g/mol. The highest BCUT2D eigenvalue weighted by atomic mass is 79.9. The van der Waals surface area contributed by atoms with Crippen molar-refractivity contribution in [3.63, 3.8) is 0 Å². The lowest BCUT2D eigenvalue weighted by molar-refractivity contribution is -0.131. The summed E-state index contributed by atoms with van der Waals surface area (Å²) in [4.78, 5) is 14.1. The number of rotatable bonds is 4. The number of amides is 1. The lowest BCUT2D eigenvalue weighted by atomic mass is 10.1. The van der Waals surface area contributed by atoms with E-state index in [1.165, 1.54) is 0 Å². The van der Waals surface area contributed by atoms with Gasteiger partial charge in [0, 0.05) is 35.0 Å². The number of carbonyl (C=O) groups is 1. The van der Waals surface area contributed by atoms with Gasteiger partial charge in [-0.1, -0.05) is 27.5 Å². The van der Waals surface area contributed by atoms with E-state index in [0.717, 1.165) is 29.4 Å². The fraction of sp³-hybridized carbons (Fsp3) is 0.500. The average molecular weight is 346 g/mol. The van der Waals surface area contributed by atoms with E-state index in [-0.39, 0.29) is 11.9 Å². The van der Waals surface area contributed by atoms with Crippen LogP contribution in [-0.2, 0) is 11.2 Å². The molecule has 1 aromatic rings. The number of benzene rings is 1. The third-order valence-electron chi connectivity index (χ3n) is 3.59. The second kappa shape index (κ2) is 6.73. The Morgan fingerprint density at radius 3 is 3.05 bits per heavy atom. The molecule has 1 heterocycles. The molecule has 1 aliphatic rings. The Labute approximate surface area is 127 Å². The quantitative estimate of drug-likeness (QED) is 0.912. The zero-order valence-electron chi connectivity index (χ0n) is 10.7. The predicted molar refractivity (Wildman–Crippen MR) is 81.3 cm³/mol. The fourth-order valence-electron chi connectivity index (χ4n) is 2.53. The van der Waals surface area contributed by atoms with E-state index in [9.17, 15) is 4.79 Å². The van der Waals surface area contributed by atoms with Gasteiger partial charge < -0.3 is 10.6 Å². The molecule has 0 bridgehead atoms. The van der Waals surface area contributed by atoms with Gasteiger partial charge in [0.15, 0.2) is 0 Å². The molecule has 0 spiro atoms. The van der Waals surface area contributed by atoms with Gasteiger partial charge in [-0.25, -0.2) is 0 Å². The highest BCUT2D eigenvalue weighted by Crippen LogP contribution is 2.23. The maximum atomic E-state index is 12.2. The van der Waals surface area contributed by atoms with E-state index >= 15 is 0 Å². The summed E-state index contributed by atoms with van der Waals surface area (Å²) >= 11 is 9.46. The Balaban J connectivity index is 1.95. The van der Waals surface area contributed by atoms with Crippen molar-refractivity contribution in [1.29, 1.82) is 0 Å². The van der Waals surface area contributed by atoms with Gasteiger partial charge in [0.25, 0.3) is 0 Å². The van der Waals surface area contributed by atoms with Gasteiger partial charge in [-0.15, -0.1) is 0 Å². The standard InChI is InChI=1S/C14H18BrClN2O/c15-13-5-4-11(16)8-10(13)3-6-14(19)18-7-1-2-12(18)9-17/h4-5,8,12H,1-3,6-7,9,17H2/t12-/m1/s1. The van der Waals surface area contributed by atoms with E-state index in [0.29, 0.717) is 24.4 Å². The van der Waals surface area contributed by atoms with Gasteiger partial charge in [0.1, 0.15) is 0 Å². The van der Waals surface area contributed by atoms with Crippen molar-refractivity contribution in [2.75, 3.05) is 13.1 Å². The Morgan fingerprint density at radius 2 is 2.32 bits per heavy atom. The predicted octanol–water partition coefficient (Wildman–Crippen LogP) is 2.98. The molecule has 1 aromatic carbocycles. The van der Waals surface area contributed by atoms with Crippen LogP contribution in [0.25, 0.3) is 0 Å². The number of likely N-dealkylation sites (tertiary alicyclic amines) is 1. The molecule has 0 unspecified atom stereocenters. The van der Waals surface area contributed by atoms with Gasteiger partial charge in [-0.2, -0.15) is 0 Å². The molecule has 104 valence electrons. The number of halogens is 2. The zero-order valence-corrected chi connectivity index (χ0v) is 13.1.